The number of rotatable bonds is 0. The third-order valence-corrected chi connectivity index (χ3v) is 0.460. The third kappa shape index (κ3) is 0.819. The SMILES string of the molecule is [O]c1cncnn1. The Labute approximate surface area is 39.9 Å². The zero-order chi connectivity index (χ0) is 5.11. The molecule has 0 unspecified atom stereocenters. The summed E-state index contributed by atoms with van der Waals surface area (Å²) in [7, 11) is 0. The van der Waals surface area contributed by atoms with Crippen molar-refractivity contribution in [1.29, 1.82) is 0 Å². The Hall–Kier alpha value is -1.19. The summed E-state index contributed by atoms with van der Waals surface area (Å²) in [5, 5.41) is 16.4. The van der Waals surface area contributed by atoms with E-state index in [4.69, 9.17) is 0 Å². The van der Waals surface area contributed by atoms with Crippen molar-refractivity contribution in [2.24, 2.45) is 0 Å². The van der Waals surface area contributed by atoms with E-state index in [0.29, 0.717) is 0 Å². The first-order valence-corrected chi connectivity index (χ1v) is 1.69. The van der Waals surface area contributed by atoms with Crippen molar-refractivity contribution in [2.75, 3.05) is 0 Å². The van der Waals surface area contributed by atoms with E-state index in [2.05, 4.69) is 15.2 Å². The Kier molecular flexibility index (Phi) is 0.856. The molecule has 1 rings (SSSR count). The molecule has 0 N–H and O–H groups in total. The van der Waals surface area contributed by atoms with Crippen LogP contribution < -0.4 is 0 Å². The summed E-state index contributed by atoms with van der Waals surface area (Å²) in [6, 6.07) is 0. The molecular weight excluding hydrogens is 94.1 g/mol. The lowest BCUT2D eigenvalue weighted by atomic mass is 10.8. The average Bonchev–Trinajstić information content (AvgIpc) is 1.69. The van der Waals surface area contributed by atoms with Crippen LogP contribution >= 0.6 is 0 Å². The molecule has 0 aliphatic heterocycles. The van der Waals surface area contributed by atoms with E-state index >= 15 is 0 Å². The smallest absolute Gasteiger partial charge is 0.264 e. The summed E-state index contributed by atoms with van der Waals surface area (Å²) < 4.78 is 0. The minimum Gasteiger partial charge on any atom is -0.264 e. The van der Waals surface area contributed by atoms with Crippen LogP contribution in [-0.2, 0) is 5.11 Å². The predicted molar refractivity (Wildman–Crippen MR) is 20.0 cm³/mol. The molecule has 1 radical (unpaired) electrons. The molecule has 0 bridgehead atoms. The van der Waals surface area contributed by atoms with Crippen LogP contribution in [0.3, 0.4) is 0 Å². The van der Waals surface area contributed by atoms with Gasteiger partial charge in [-0.2, -0.15) is 0 Å². The van der Waals surface area contributed by atoms with E-state index in [0.717, 1.165) is 6.20 Å². The van der Waals surface area contributed by atoms with E-state index in [-0.39, 0.29) is 0 Å². The minimum atomic E-state index is -0.400. The van der Waals surface area contributed by atoms with E-state index in [1.807, 2.05) is 0 Å². The van der Waals surface area contributed by atoms with Gasteiger partial charge in [-0.15, -0.1) is 10.2 Å². The molecule has 1 aromatic rings. The summed E-state index contributed by atoms with van der Waals surface area (Å²) in [6.45, 7) is 0. The molecule has 1 heterocycles. The van der Waals surface area contributed by atoms with E-state index in [9.17, 15) is 5.11 Å². The predicted octanol–water partition coefficient (Wildman–Crippen LogP) is 0.0154. The molecule has 0 spiro atoms. The Bertz CT molecular complexity index is 140. The highest BCUT2D eigenvalue weighted by Gasteiger charge is 1.83. The molecule has 0 saturated heterocycles. The Morgan fingerprint density at radius 1 is 1.57 bits per heavy atom. The van der Waals surface area contributed by atoms with Gasteiger partial charge in [-0.25, -0.2) is 4.98 Å². The van der Waals surface area contributed by atoms with Crippen LogP contribution in [0.25, 0.3) is 0 Å². The average molecular weight is 96.1 g/mol. The maximum Gasteiger partial charge on any atom is 0.306 e. The van der Waals surface area contributed by atoms with Gasteiger partial charge in [-0.1, -0.05) is 0 Å². The quantitative estimate of drug-likeness (QED) is 0.457. The van der Waals surface area contributed by atoms with Crippen LogP contribution in [0, 0.1) is 0 Å². The second-order valence-corrected chi connectivity index (χ2v) is 0.947. The standard InChI is InChI=1S/C3H2N3O/c7-3-1-4-2-5-6-3/h1-2H. The molecular formula is C3H2N3O. The van der Waals surface area contributed by atoms with Gasteiger partial charge in [0, 0.05) is 0 Å². The summed E-state index contributed by atoms with van der Waals surface area (Å²) in [5.41, 5.74) is 0. The number of aromatic nitrogens is 3. The van der Waals surface area contributed by atoms with Crippen LogP contribution in [0.4, 0.5) is 0 Å². The molecule has 4 heteroatoms. The molecule has 1 aromatic heterocycles. The molecule has 0 fully saturated rings. The monoisotopic (exact) mass is 96.0 g/mol. The molecule has 7 heavy (non-hydrogen) atoms. The Morgan fingerprint density at radius 3 is 2.71 bits per heavy atom. The van der Waals surface area contributed by atoms with Crippen LogP contribution in [0.1, 0.15) is 0 Å². The van der Waals surface area contributed by atoms with Crippen molar-refractivity contribution in [3.05, 3.63) is 12.5 Å². The molecule has 4 nitrogen and oxygen atoms in total. The van der Waals surface area contributed by atoms with Crippen LogP contribution in [0.2, 0.25) is 0 Å². The molecule has 0 aliphatic rings. The Morgan fingerprint density at radius 2 is 2.43 bits per heavy atom. The van der Waals surface area contributed by atoms with Crippen molar-refractivity contribution in [2.45, 2.75) is 0 Å². The molecule has 0 aliphatic carbocycles. The maximum absolute atomic E-state index is 10.0. The maximum atomic E-state index is 10.0. The third-order valence-electron chi connectivity index (χ3n) is 0.460. The van der Waals surface area contributed by atoms with Crippen LogP contribution in [0.15, 0.2) is 12.5 Å². The number of hydrogen-bond donors (Lipinski definition) is 0. The van der Waals surface area contributed by atoms with Gasteiger partial charge in [0.15, 0.2) is 0 Å². The van der Waals surface area contributed by atoms with Crippen LogP contribution in [-0.4, -0.2) is 15.2 Å². The van der Waals surface area contributed by atoms with Gasteiger partial charge in [0.1, 0.15) is 6.33 Å². The fraction of sp³-hybridized carbons (Fsp3) is 0. The Balaban J connectivity index is 3.02. The fourth-order valence-corrected chi connectivity index (χ4v) is 0.235. The van der Waals surface area contributed by atoms with E-state index < -0.39 is 5.88 Å². The second kappa shape index (κ2) is 1.51. The highest BCUT2D eigenvalue weighted by atomic mass is 16.3. The second-order valence-electron chi connectivity index (χ2n) is 0.947. The first-order chi connectivity index (χ1) is 3.39. The molecule has 0 aromatic carbocycles. The lowest BCUT2D eigenvalue weighted by molar-refractivity contribution is 0.329. The lowest BCUT2D eigenvalue weighted by Gasteiger charge is -1.75. The van der Waals surface area contributed by atoms with Gasteiger partial charge >= 0.3 is 5.88 Å². The largest absolute Gasteiger partial charge is 0.306 e. The molecule has 0 saturated carbocycles. The summed E-state index contributed by atoms with van der Waals surface area (Å²) in [5.74, 6) is -0.400. The zero-order valence-electron chi connectivity index (χ0n) is 3.40. The zero-order valence-corrected chi connectivity index (χ0v) is 3.40. The molecule has 0 atom stereocenters. The van der Waals surface area contributed by atoms with Crippen molar-refractivity contribution in [1.82, 2.24) is 15.2 Å². The van der Waals surface area contributed by atoms with E-state index in [1.165, 1.54) is 6.33 Å². The number of hydrogen-bond acceptors (Lipinski definition) is 3. The van der Waals surface area contributed by atoms with Gasteiger partial charge in [-0.3, -0.25) is 5.11 Å². The molecule has 0 amide bonds. The molecule has 35 valence electrons. The fourth-order valence-electron chi connectivity index (χ4n) is 0.235. The summed E-state index contributed by atoms with van der Waals surface area (Å²) in [4.78, 5) is 3.40. The van der Waals surface area contributed by atoms with Crippen molar-refractivity contribution < 1.29 is 5.11 Å². The number of nitrogens with zero attached hydrogens (tertiary/aromatic N) is 3. The van der Waals surface area contributed by atoms with Gasteiger partial charge in [0.25, 0.3) is 0 Å². The van der Waals surface area contributed by atoms with E-state index in [1.54, 1.807) is 0 Å². The summed E-state index contributed by atoms with van der Waals surface area (Å²) in [6.07, 6.45) is 2.31. The van der Waals surface area contributed by atoms with Gasteiger partial charge < -0.3 is 0 Å². The van der Waals surface area contributed by atoms with Crippen molar-refractivity contribution in [3.8, 4) is 5.88 Å². The highest BCUT2D eigenvalue weighted by molar-refractivity contribution is 4.92. The first kappa shape index (κ1) is 3.98. The van der Waals surface area contributed by atoms with Crippen molar-refractivity contribution in [3.63, 3.8) is 0 Å². The van der Waals surface area contributed by atoms with Crippen molar-refractivity contribution >= 4 is 0 Å². The summed E-state index contributed by atoms with van der Waals surface area (Å²) >= 11 is 0. The van der Waals surface area contributed by atoms with Gasteiger partial charge in [-0.05, 0) is 0 Å². The normalized spacial score (nSPS) is 8.57. The van der Waals surface area contributed by atoms with Gasteiger partial charge in [0.2, 0.25) is 0 Å². The van der Waals surface area contributed by atoms with Gasteiger partial charge in [0.05, 0.1) is 6.20 Å². The first-order valence-electron chi connectivity index (χ1n) is 1.69. The topological polar surface area (TPSA) is 58.6 Å². The lowest BCUT2D eigenvalue weighted by Crippen LogP contribution is -1.78. The highest BCUT2D eigenvalue weighted by Crippen LogP contribution is 1.92. The van der Waals surface area contributed by atoms with Crippen LogP contribution in [0.5, 0.6) is 5.88 Å². The minimum absolute atomic E-state index is 0.400.